The third-order valence-corrected chi connectivity index (χ3v) is 6.74. The summed E-state index contributed by atoms with van der Waals surface area (Å²) in [5.74, 6) is 2.28. The molecule has 2 amide bonds. The molecular weight excluding hydrogens is 406 g/mol. The van der Waals surface area contributed by atoms with E-state index in [4.69, 9.17) is 6.42 Å². The third-order valence-electron chi connectivity index (χ3n) is 4.70. The van der Waals surface area contributed by atoms with Crippen molar-refractivity contribution in [3.05, 3.63) is 24.0 Å². The van der Waals surface area contributed by atoms with Crippen LogP contribution in [0.3, 0.4) is 0 Å². The van der Waals surface area contributed by atoms with Crippen LogP contribution < -0.4 is 10.6 Å². The summed E-state index contributed by atoms with van der Waals surface area (Å²) in [6.45, 7) is 4.33. The van der Waals surface area contributed by atoms with Crippen LogP contribution in [0.2, 0.25) is 0 Å². The minimum Gasteiger partial charge on any atom is -0.347 e. The van der Waals surface area contributed by atoms with E-state index in [0.717, 1.165) is 5.52 Å². The van der Waals surface area contributed by atoms with Crippen molar-refractivity contribution in [1.29, 1.82) is 0 Å². The lowest BCUT2D eigenvalue weighted by atomic mass is 10.3. The third kappa shape index (κ3) is 5.37. The van der Waals surface area contributed by atoms with E-state index in [1.54, 1.807) is 32.0 Å². The van der Waals surface area contributed by atoms with Gasteiger partial charge in [-0.2, -0.15) is 4.31 Å². The van der Waals surface area contributed by atoms with Gasteiger partial charge in [0.2, 0.25) is 21.8 Å². The molecule has 10 heteroatoms. The number of aromatic nitrogens is 2. The van der Waals surface area contributed by atoms with Gasteiger partial charge in [0.1, 0.15) is 5.82 Å². The van der Waals surface area contributed by atoms with Crippen molar-refractivity contribution in [3.8, 4) is 12.3 Å². The first kappa shape index (κ1) is 23.4. The average molecular weight is 434 g/mol. The Bertz CT molecular complexity index is 1060. The lowest BCUT2D eigenvalue weighted by Gasteiger charge is -2.18. The zero-order chi connectivity index (χ0) is 22.3. The van der Waals surface area contributed by atoms with Crippen LogP contribution in [0.25, 0.3) is 11.0 Å². The fraction of sp³-hybridized carbons (Fsp3) is 0.450. The molecule has 1 aromatic heterocycles. The molecule has 162 valence electrons. The second-order valence-electron chi connectivity index (χ2n) is 6.58. The highest BCUT2D eigenvalue weighted by atomic mass is 32.2. The van der Waals surface area contributed by atoms with Crippen molar-refractivity contribution < 1.29 is 18.0 Å². The first-order valence-electron chi connectivity index (χ1n) is 9.66. The van der Waals surface area contributed by atoms with E-state index in [1.807, 2.05) is 11.6 Å². The molecule has 2 aromatic rings. The number of imidazole rings is 1. The van der Waals surface area contributed by atoms with Gasteiger partial charge >= 0.3 is 0 Å². The molecule has 9 nitrogen and oxygen atoms in total. The Morgan fingerprint density at radius 1 is 1.20 bits per heavy atom. The highest BCUT2D eigenvalue weighted by Crippen LogP contribution is 2.22. The van der Waals surface area contributed by atoms with Crippen LogP contribution in [0.4, 0.5) is 0 Å². The normalized spacial score (nSPS) is 11.4. The number of hydrogen-bond donors (Lipinski definition) is 2. The topological polar surface area (TPSA) is 113 Å². The highest BCUT2D eigenvalue weighted by Gasteiger charge is 2.22. The molecule has 1 aromatic carbocycles. The maximum Gasteiger partial charge on any atom is 0.243 e. The molecule has 0 atom stereocenters. The number of nitrogens with one attached hydrogen (secondary N) is 2. The van der Waals surface area contributed by atoms with Gasteiger partial charge in [-0.25, -0.2) is 13.4 Å². The molecule has 0 aliphatic rings. The number of carbonyl (C=O) groups excluding carboxylic acids is 2. The zero-order valence-corrected chi connectivity index (χ0v) is 18.3. The van der Waals surface area contributed by atoms with Gasteiger partial charge in [-0.05, 0) is 18.2 Å². The van der Waals surface area contributed by atoms with E-state index in [0.29, 0.717) is 30.9 Å². The van der Waals surface area contributed by atoms with Gasteiger partial charge in [0.05, 0.1) is 29.0 Å². The lowest BCUT2D eigenvalue weighted by molar-refractivity contribution is -0.126. The fourth-order valence-corrected chi connectivity index (χ4v) is 4.51. The summed E-state index contributed by atoms with van der Waals surface area (Å²) in [7, 11) is -1.76. The van der Waals surface area contributed by atoms with Crippen LogP contribution >= 0.6 is 0 Å². The summed E-state index contributed by atoms with van der Waals surface area (Å²) >= 11 is 0. The second kappa shape index (κ2) is 10.2. The van der Waals surface area contributed by atoms with E-state index >= 15 is 0 Å². The van der Waals surface area contributed by atoms with Crippen molar-refractivity contribution in [1.82, 2.24) is 24.5 Å². The highest BCUT2D eigenvalue weighted by molar-refractivity contribution is 7.89. The lowest BCUT2D eigenvalue weighted by Crippen LogP contribution is -2.37. The summed E-state index contributed by atoms with van der Waals surface area (Å²) in [4.78, 5) is 28.2. The van der Waals surface area contributed by atoms with Crippen molar-refractivity contribution in [3.63, 3.8) is 0 Å². The molecule has 1 heterocycles. The average Bonchev–Trinajstić information content (AvgIpc) is 3.04. The molecule has 0 aliphatic heterocycles. The van der Waals surface area contributed by atoms with Crippen LogP contribution in [0.1, 0.15) is 26.1 Å². The van der Waals surface area contributed by atoms with Crippen molar-refractivity contribution in [2.45, 2.75) is 31.6 Å². The predicted molar refractivity (Wildman–Crippen MR) is 114 cm³/mol. The van der Waals surface area contributed by atoms with Gasteiger partial charge in [-0.1, -0.05) is 19.8 Å². The first-order chi connectivity index (χ1) is 14.2. The number of amides is 2. The van der Waals surface area contributed by atoms with E-state index in [1.165, 1.54) is 4.31 Å². The number of terminal acetylenes is 1. The molecule has 0 unspecified atom stereocenters. The molecular formula is C20H27N5O4S. The first-order valence-corrected chi connectivity index (χ1v) is 11.1. The van der Waals surface area contributed by atoms with Crippen LogP contribution in [0.15, 0.2) is 23.1 Å². The summed E-state index contributed by atoms with van der Waals surface area (Å²) in [6.07, 6.45) is 5.55. The Hall–Kier alpha value is -2.90. The van der Waals surface area contributed by atoms with Gasteiger partial charge in [-0.3, -0.25) is 9.59 Å². The number of nitrogens with zero attached hydrogens (tertiary/aromatic N) is 3. The fourth-order valence-electron chi connectivity index (χ4n) is 3.03. The molecule has 0 saturated heterocycles. The largest absolute Gasteiger partial charge is 0.347 e. The number of fused-ring (bicyclic) bond motifs is 1. The summed E-state index contributed by atoms with van der Waals surface area (Å²) in [6, 6.07) is 4.85. The Balaban J connectivity index is 2.09. The van der Waals surface area contributed by atoms with E-state index in [-0.39, 0.29) is 36.2 Å². The van der Waals surface area contributed by atoms with Crippen LogP contribution in [0, 0.1) is 12.3 Å². The number of rotatable bonds is 10. The standard InChI is InChI=1S/C20H27N5O4S/c1-5-12-21-20(27)14-22-19(26)11-10-18-23-16-13-15(8-9-17(16)24(18)4)30(28,29)25(6-2)7-3/h1,8-9,13H,6-7,10-12,14H2,2-4H3,(H,21,27)(H,22,26). The van der Waals surface area contributed by atoms with E-state index < -0.39 is 10.0 Å². The van der Waals surface area contributed by atoms with Crippen molar-refractivity contribution in [2.24, 2.45) is 7.05 Å². The quantitative estimate of drug-likeness (QED) is 0.527. The summed E-state index contributed by atoms with van der Waals surface area (Å²) in [5, 5.41) is 4.99. The van der Waals surface area contributed by atoms with Crippen LogP contribution in [0.5, 0.6) is 0 Å². The van der Waals surface area contributed by atoms with Crippen molar-refractivity contribution in [2.75, 3.05) is 26.2 Å². The van der Waals surface area contributed by atoms with Crippen molar-refractivity contribution >= 4 is 32.9 Å². The summed E-state index contributed by atoms with van der Waals surface area (Å²) < 4.78 is 28.7. The minimum absolute atomic E-state index is 0.112. The molecule has 0 spiro atoms. The van der Waals surface area contributed by atoms with Gasteiger partial charge in [0.25, 0.3) is 0 Å². The molecule has 2 N–H and O–H groups in total. The maximum atomic E-state index is 12.7. The van der Waals surface area contributed by atoms with Crippen LogP contribution in [-0.2, 0) is 33.1 Å². The Labute approximate surface area is 176 Å². The monoisotopic (exact) mass is 433 g/mol. The van der Waals surface area contributed by atoms with Gasteiger partial charge in [0.15, 0.2) is 0 Å². The van der Waals surface area contributed by atoms with E-state index in [9.17, 15) is 18.0 Å². The molecule has 0 radical (unpaired) electrons. The Morgan fingerprint density at radius 3 is 2.53 bits per heavy atom. The molecule has 0 bridgehead atoms. The summed E-state index contributed by atoms with van der Waals surface area (Å²) in [5.41, 5.74) is 1.33. The maximum absolute atomic E-state index is 12.7. The van der Waals surface area contributed by atoms with E-state index in [2.05, 4.69) is 21.5 Å². The molecule has 2 rings (SSSR count). The number of benzene rings is 1. The number of sulfonamides is 1. The molecule has 30 heavy (non-hydrogen) atoms. The van der Waals surface area contributed by atoms with Gasteiger partial charge in [-0.15, -0.1) is 6.42 Å². The Morgan fingerprint density at radius 2 is 1.90 bits per heavy atom. The minimum atomic E-state index is -3.57. The zero-order valence-electron chi connectivity index (χ0n) is 17.4. The number of carbonyl (C=O) groups is 2. The number of hydrogen-bond acceptors (Lipinski definition) is 5. The molecule has 0 fully saturated rings. The SMILES string of the molecule is C#CCNC(=O)CNC(=O)CCc1nc2cc(S(=O)(=O)N(CC)CC)ccc2n1C. The molecule has 0 saturated carbocycles. The smallest absolute Gasteiger partial charge is 0.243 e. The number of aryl methyl sites for hydroxylation is 2. The van der Waals surface area contributed by atoms with Gasteiger partial charge < -0.3 is 15.2 Å². The Kier molecular flexibility index (Phi) is 7.97. The molecule has 0 aliphatic carbocycles. The second-order valence-corrected chi connectivity index (χ2v) is 8.52. The van der Waals surface area contributed by atoms with Crippen LogP contribution in [-0.4, -0.2) is 60.3 Å². The predicted octanol–water partition coefficient (Wildman–Crippen LogP) is 0.402. The van der Waals surface area contributed by atoms with Gasteiger partial charge in [0, 0.05) is 33.0 Å².